The molecule has 4 nitrogen and oxygen atoms in total. The Morgan fingerprint density at radius 1 is 1.05 bits per heavy atom. The minimum Gasteiger partial charge on any atom is -0.195 e. The quantitative estimate of drug-likeness (QED) is 0.749. The van der Waals surface area contributed by atoms with Gasteiger partial charge in [-0.3, -0.25) is 0 Å². The zero-order chi connectivity index (χ0) is 15.0. The van der Waals surface area contributed by atoms with Crippen molar-refractivity contribution in [2.24, 2.45) is 17.3 Å². The van der Waals surface area contributed by atoms with Gasteiger partial charge in [0.15, 0.2) is 0 Å². The molecule has 0 bridgehead atoms. The van der Waals surface area contributed by atoms with Gasteiger partial charge >= 0.3 is 0 Å². The van der Waals surface area contributed by atoms with Crippen molar-refractivity contribution in [1.82, 2.24) is 8.61 Å². The molecule has 2 rings (SSSR count). The fraction of sp³-hybridized carbons (Fsp3) is 1.00. The molecular formula is C14H27ClN2O2S. The molecule has 2 aliphatic heterocycles. The van der Waals surface area contributed by atoms with Crippen LogP contribution in [0, 0.1) is 17.3 Å². The summed E-state index contributed by atoms with van der Waals surface area (Å²) in [7, 11) is -3.26. The molecule has 20 heavy (non-hydrogen) atoms. The van der Waals surface area contributed by atoms with Gasteiger partial charge in [-0.05, 0) is 36.5 Å². The Labute approximate surface area is 128 Å². The van der Waals surface area contributed by atoms with E-state index in [0.717, 1.165) is 19.3 Å². The summed E-state index contributed by atoms with van der Waals surface area (Å²) in [5.74, 6) is 1.57. The van der Waals surface area contributed by atoms with Crippen molar-refractivity contribution >= 4 is 21.8 Å². The van der Waals surface area contributed by atoms with E-state index in [2.05, 4.69) is 20.8 Å². The van der Waals surface area contributed by atoms with Gasteiger partial charge in [0.2, 0.25) is 0 Å². The molecule has 2 heterocycles. The van der Waals surface area contributed by atoms with E-state index in [1.165, 1.54) is 0 Å². The van der Waals surface area contributed by atoms with Gasteiger partial charge in [-0.1, -0.05) is 20.8 Å². The van der Waals surface area contributed by atoms with Gasteiger partial charge in [0.25, 0.3) is 10.2 Å². The maximum absolute atomic E-state index is 12.7. The number of alkyl halides is 1. The average Bonchev–Trinajstić information content (AvgIpc) is 2.89. The fourth-order valence-corrected chi connectivity index (χ4v) is 5.11. The molecular weight excluding hydrogens is 296 g/mol. The minimum atomic E-state index is -3.26. The first-order valence-electron chi connectivity index (χ1n) is 7.56. The van der Waals surface area contributed by atoms with E-state index in [-0.39, 0.29) is 5.41 Å². The van der Waals surface area contributed by atoms with Crippen molar-refractivity contribution in [1.29, 1.82) is 0 Å². The fourth-order valence-electron chi connectivity index (χ4n) is 3.10. The van der Waals surface area contributed by atoms with E-state index < -0.39 is 10.2 Å². The molecule has 0 amide bonds. The number of rotatable bonds is 3. The molecule has 0 aromatic rings. The van der Waals surface area contributed by atoms with Crippen LogP contribution in [0.3, 0.4) is 0 Å². The highest BCUT2D eigenvalue weighted by Crippen LogP contribution is 2.35. The molecule has 6 heteroatoms. The third-order valence-corrected chi connectivity index (χ3v) is 7.26. The average molecular weight is 323 g/mol. The van der Waals surface area contributed by atoms with Gasteiger partial charge in [-0.25, -0.2) is 0 Å². The lowest BCUT2D eigenvalue weighted by Crippen LogP contribution is -2.46. The van der Waals surface area contributed by atoms with E-state index in [1.807, 2.05) is 0 Å². The monoisotopic (exact) mass is 322 g/mol. The van der Waals surface area contributed by atoms with Gasteiger partial charge in [0, 0.05) is 32.1 Å². The van der Waals surface area contributed by atoms with Crippen LogP contribution in [0.2, 0.25) is 0 Å². The van der Waals surface area contributed by atoms with Crippen LogP contribution >= 0.6 is 11.6 Å². The molecule has 2 saturated heterocycles. The number of nitrogens with zero attached hydrogens (tertiary/aromatic N) is 2. The van der Waals surface area contributed by atoms with Crippen LogP contribution in [-0.2, 0) is 10.2 Å². The molecule has 0 N–H and O–H groups in total. The van der Waals surface area contributed by atoms with Crippen molar-refractivity contribution in [2.75, 3.05) is 32.1 Å². The highest BCUT2D eigenvalue weighted by atomic mass is 35.5. The Balaban J connectivity index is 1.98. The summed E-state index contributed by atoms with van der Waals surface area (Å²) in [6, 6.07) is 0. The summed E-state index contributed by atoms with van der Waals surface area (Å²) in [5.41, 5.74) is 0.176. The molecule has 0 saturated carbocycles. The van der Waals surface area contributed by atoms with E-state index in [4.69, 9.17) is 11.6 Å². The molecule has 0 aromatic carbocycles. The molecule has 0 aliphatic carbocycles. The molecule has 1 atom stereocenters. The summed E-state index contributed by atoms with van der Waals surface area (Å²) >= 11 is 5.86. The number of halogens is 1. The molecule has 118 valence electrons. The van der Waals surface area contributed by atoms with Gasteiger partial charge in [-0.15, -0.1) is 11.6 Å². The van der Waals surface area contributed by atoms with Gasteiger partial charge in [-0.2, -0.15) is 17.0 Å². The Morgan fingerprint density at radius 3 is 2.05 bits per heavy atom. The van der Waals surface area contributed by atoms with Gasteiger partial charge in [0.1, 0.15) is 0 Å². The van der Waals surface area contributed by atoms with Crippen LogP contribution in [-0.4, -0.2) is 49.1 Å². The second-order valence-electron chi connectivity index (χ2n) is 7.21. The molecule has 2 fully saturated rings. The predicted octanol–water partition coefficient (Wildman–Crippen LogP) is 2.55. The highest BCUT2D eigenvalue weighted by Gasteiger charge is 2.40. The van der Waals surface area contributed by atoms with Crippen molar-refractivity contribution in [3.63, 3.8) is 0 Å². The van der Waals surface area contributed by atoms with Gasteiger partial charge < -0.3 is 0 Å². The van der Waals surface area contributed by atoms with Crippen LogP contribution in [0.15, 0.2) is 0 Å². The zero-order valence-electron chi connectivity index (χ0n) is 12.8. The SMILES string of the molecule is CC(C)(C)C1CCN(S(=O)(=O)N2CCC(CCl)CC2)C1. The Kier molecular flexibility index (Phi) is 5.05. The van der Waals surface area contributed by atoms with Crippen molar-refractivity contribution in [2.45, 2.75) is 40.0 Å². The molecule has 0 spiro atoms. The van der Waals surface area contributed by atoms with E-state index in [0.29, 0.717) is 43.9 Å². The van der Waals surface area contributed by atoms with Gasteiger partial charge in [0.05, 0.1) is 0 Å². The van der Waals surface area contributed by atoms with Crippen molar-refractivity contribution < 1.29 is 8.42 Å². The summed E-state index contributed by atoms with van der Waals surface area (Å²) in [5, 5.41) is 0. The molecule has 0 radical (unpaired) electrons. The molecule has 1 unspecified atom stereocenters. The normalized spacial score (nSPS) is 28.1. The standard InChI is InChI=1S/C14H27ClN2O2S/c1-14(2,3)13-6-9-17(11-13)20(18,19)16-7-4-12(10-15)5-8-16/h12-13H,4-11H2,1-3H3. The second-order valence-corrected chi connectivity index (χ2v) is 9.45. The van der Waals surface area contributed by atoms with E-state index >= 15 is 0 Å². The Hall–Kier alpha value is 0.160. The van der Waals surface area contributed by atoms with Crippen molar-refractivity contribution in [3.05, 3.63) is 0 Å². The van der Waals surface area contributed by atoms with E-state index in [1.54, 1.807) is 8.61 Å². The number of hydrogen-bond acceptors (Lipinski definition) is 2. The summed E-state index contributed by atoms with van der Waals surface area (Å²) in [4.78, 5) is 0. The lowest BCUT2D eigenvalue weighted by Gasteiger charge is -2.33. The first-order valence-corrected chi connectivity index (χ1v) is 9.49. The Morgan fingerprint density at radius 2 is 1.60 bits per heavy atom. The van der Waals surface area contributed by atoms with Crippen LogP contribution in [0.5, 0.6) is 0 Å². The predicted molar refractivity (Wildman–Crippen MR) is 83.1 cm³/mol. The maximum atomic E-state index is 12.7. The maximum Gasteiger partial charge on any atom is 0.281 e. The lowest BCUT2D eigenvalue weighted by atomic mass is 9.80. The lowest BCUT2D eigenvalue weighted by molar-refractivity contribution is 0.242. The van der Waals surface area contributed by atoms with Crippen LogP contribution in [0.4, 0.5) is 0 Å². The first kappa shape index (κ1) is 16.5. The van der Waals surface area contributed by atoms with Crippen molar-refractivity contribution in [3.8, 4) is 0 Å². The number of hydrogen-bond donors (Lipinski definition) is 0. The van der Waals surface area contributed by atoms with E-state index in [9.17, 15) is 8.42 Å². The molecule has 0 aromatic heterocycles. The second kappa shape index (κ2) is 6.11. The van der Waals surface area contributed by atoms with Crippen LogP contribution in [0.1, 0.15) is 40.0 Å². The summed E-state index contributed by atoms with van der Waals surface area (Å²) in [6.45, 7) is 9.16. The summed E-state index contributed by atoms with van der Waals surface area (Å²) < 4.78 is 28.7. The first-order chi connectivity index (χ1) is 9.25. The number of piperidine rings is 1. The Bertz CT molecular complexity index is 425. The topological polar surface area (TPSA) is 40.6 Å². The largest absolute Gasteiger partial charge is 0.281 e. The molecule has 2 aliphatic rings. The summed E-state index contributed by atoms with van der Waals surface area (Å²) in [6.07, 6.45) is 2.75. The highest BCUT2D eigenvalue weighted by molar-refractivity contribution is 7.86. The zero-order valence-corrected chi connectivity index (χ0v) is 14.4. The third-order valence-electron chi connectivity index (χ3n) is 4.82. The van der Waals surface area contributed by atoms with Crippen LogP contribution < -0.4 is 0 Å². The smallest absolute Gasteiger partial charge is 0.195 e. The third kappa shape index (κ3) is 3.49. The minimum absolute atomic E-state index is 0.176. The van der Waals surface area contributed by atoms with Crippen LogP contribution in [0.25, 0.3) is 0 Å².